The van der Waals surface area contributed by atoms with Gasteiger partial charge in [0, 0.05) is 11.6 Å². The van der Waals surface area contributed by atoms with Crippen LogP contribution in [0.2, 0.25) is 0 Å². The number of hydrogen-bond acceptors (Lipinski definition) is 2. The van der Waals surface area contributed by atoms with E-state index in [9.17, 15) is 14.5 Å². The number of nitrogens with zero attached hydrogens (tertiary/aromatic N) is 1. The maximum Gasteiger partial charge on any atom is 0.304 e. The molecule has 0 atom stereocenters. The zero-order chi connectivity index (χ0) is 10.6. The summed E-state index contributed by atoms with van der Waals surface area (Å²) in [5.74, 6) is 4.32. The maximum atomic E-state index is 13.0. The Morgan fingerprint density at radius 1 is 1.57 bits per heavy atom. The highest BCUT2D eigenvalue weighted by Gasteiger charge is 2.12. The summed E-state index contributed by atoms with van der Waals surface area (Å²) in [6, 6.07) is 3.46. The van der Waals surface area contributed by atoms with Gasteiger partial charge in [0.1, 0.15) is 0 Å². The van der Waals surface area contributed by atoms with Gasteiger partial charge in [-0.25, -0.2) is 0 Å². The van der Waals surface area contributed by atoms with Gasteiger partial charge in [0.05, 0.1) is 10.8 Å². The number of rotatable bonds is 1. The lowest BCUT2D eigenvalue weighted by Crippen LogP contribution is -1.92. The Morgan fingerprint density at radius 3 is 2.79 bits per heavy atom. The summed E-state index contributed by atoms with van der Waals surface area (Å²) in [4.78, 5) is 9.47. The second-order valence-electron chi connectivity index (χ2n) is 2.36. The molecule has 0 unspecified atom stereocenters. The average Bonchev–Trinajstić information content (AvgIpc) is 2.14. The minimum atomic E-state index is -0.892. The Kier molecular flexibility index (Phi) is 3.43. The van der Waals surface area contributed by atoms with Crippen molar-refractivity contribution in [1.82, 2.24) is 0 Å². The van der Waals surface area contributed by atoms with Gasteiger partial charge in [0.2, 0.25) is 5.82 Å². The minimum absolute atomic E-state index is 0.138. The molecule has 0 fully saturated rings. The molecule has 0 spiro atoms. The lowest BCUT2D eigenvalue weighted by atomic mass is 10.2. The van der Waals surface area contributed by atoms with Crippen LogP contribution in [0.15, 0.2) is 18.2 Å². The third kappa shape index (κ3) is 2.44. The van der Waals surface area contributed by atoms with Crippen molar-refractivity contribution < 1.29 is 9.31 Å². The van der Waals surface area contributed by atoms with Crippen LogP contribution in [0.25, 0.3) is 0 Å². The third-order valence-electron chi connectivity index (χ3n) is 1.44. The fourth-order valence-electron chi connectivity index (χ4n) is 0.868. The minimum Gasteiger partial charge on any atom is -0.258 e. The first-order valence-corrected chi connectivity index (χ1v) is 4.17. The van der Waals surface area contributed by atoms with E-state index in [1.807, 2.05) is 0 Å². The summed E-state index contributed by atoms with van der Waals surface area (Å²) >= 11 is 5.30. The van der Waals surface area contributed by atoms with Crippen LogP contribution in [0, 0.1) is 27.8 Å². The molecule has 1 aromatic carbocycles. The van der Waals surface area contributed by atoms with Crippen LogP contribution in [0.5, 0.6) is 0 Å². The standard InChI is InChI=1S/C9H5ClFNO2/c10-5-1-2-7-3-4-9(12(13)14)8(11)6-7/h3-4,6H,5H2. The molecule has 0 saturated heterocycles. The second-order valence-corrected chi connectivity index (χ2v) is 2.63. The Hall–Kier alpha value is -1.60. The SMILES string of the molecule is O=[N+]([O-])c1ccc(C#CCCl)cc1F. The highest BCUT2D eigenvalue weighted by atomic mass is 35.5. The topological polar surface area (TPSA) is 43.1 Å². The van der Waals surface area contributed by atoms with E-state index in [1.54, 1.807) is 0 Å². The summed E-state index contributed by atoms with van der Waals surface area (Å²) < 4.78 is 13.0. The Balaban J connectivity index is 3.06. The van der Waals surface area contributed by atoms with Crippen LogP contribution in [0.1, 0.15) is 5.56 Å². The number of hydrogen-bond donors (Lipinski definition) is 0. The first-order valence-electron chi connectivity index (χ1n) is 3.64. The van der Waals surface area contributed by atoms with Crippen LogP contribution in [-0.2, 0) is 0 Å². The average molecular weight is 214 g/mol. The fraction of sp³-hybridized carbons (Fsp3) is 0.111. The molecule has 0 aliphatic heterocycles. The van der Waals surface area contributed by atoms with E-state index >= 15 is 0 Å². The summed E-state index contributed by atoms with van der Waals surface area (Å²) in [6.45, 7) is 0. The Morgan fingerprint density at radius 2 is 2.29 bits per heavy atom. The fourth-order valence-corrected chi connectivity index (χ4v) is 0.935. The van der Waals surface area contributed by atoms with Crippen molar-refractivity contribution >= 4 is 17.3 Å². The van der Waals surface area contributed by atoms with Gasteiger partial charge in [-0.2, -0.15) is 4.39 Å². The largest absolute Gasteiger partial charge is 0.304 e. The molecular weight excluding hydrogens is 209 g/mol. The van der Waals surface area contributed by atoms with Crippen molar-refractivity contribution in [2.24, 2.45) is 0 Å². The molecule has 0 N–H and O–H groups in total. The number of halogens is 2. The zero-order valence-corrected chi connectivity index (χ0v) is 7.71. The zero-order valence-electron chi connectivity index (χ0n) is 6.96. The van der Waals surface area contributed by atoms with Gasteiger partial charge >= 0.3 is 5.69 Å². The van der Waals surface area contributed by atoms with Crippen molar-refractivity contribution in [2.45, 2.75) is 0 Å². The van der Waals surface area contributed by atoms with E-state index in [1.165, 1.54) is 6.07 Å². The van der Waals surface area contributed by atoms with Gasteiger partial charge in [-0.05, 0) is 12.1 Å². The highest BCUT2D eigenvalue weighted by Crippen LogP contribution is 2.17. The van der Waals surface area contributed by atoms with E-state index in [4.69, 9.17) is 11.6 Å². The van der Waals surface area contributed by atoms with Gasteiger partial charge in [0.25, 0.3) is 0 Å². The summed E-state index contributed by atoms with van der Waals surface area (Å²) in [5, 5.41) is 10.3. The van der Waals surface area contributed by atoms with E-state index in [0.29, 0.717) is 5.56 Å². The first-order chi connectivity index (χ1) is 6.65. The molecule has 0 aliphatic carbocycles. The molecule has 1 rings (SSSR count). The second kappa shape index (κ2) is 4.58. The van der Waals surface area contributed by atoms with Crippen LogP contribution in [0.4, 0.5) is 10.1 Å². The Bertz CT molecular complexity index is 423. The molecule has 0 saturated carbocycles. The van der Waals surface area contributed by atoms with E-state index in [0.717, 1.165) is 12.1 Å². The highest BCUT2D eigenvalue weighted by molar-refractivity contribution is 6.19. The molecule has 0 bridgehead atoms. The van der Waals surface area contributed by atoms with Gasteiger partial charge in [-0.15, -0.1) is 11.6 Å². The predicted octanol–water partition coefficient (Wildman–Crippen LogP) is 2.32. The van der Waals surface area contributed by atoms with Crippen LogP contribution >= 0.6 is 11.6 Å². The van der Waals surface area contributed by atoms with Gasteiger partial charge in [0.15, 0.2) is 0 Å². The molecule has 0 aliphatic rings. The number of nitro benzene ring substituents is 1. The molecule has 14 heavy (non-hydrogen) atoms. The van der Waals surface area contributed by atoms with Crippen molar-refractivity contribution in [1.29, 1.82) is 0 Å². The lowest BCUT2D eigenvalue weighted by molar-refractivity contribution is -0.387. The van der Waals surface area contributed by atoms with Crippen LogP contribution < -0.4 is 0 Å². The van der Waals surface area contributed by atoms with Gasteiger partial charge < -0.3 is 0 Å². The van der Waals surface area contributed by atoms with Crippen LogP contribution in [-0.4, -0.2) is 10.8 Å². The summed E-state index contributed by atoms with van der Waals surface area (Å²) in [6.07, 6.45) is 0. The number of alkyl halides is 1. The van der Waals surface area contributed by atoms with Crippen molar-refractivity contribution in [2.75, 3.05) is 5.88 Å². The predicted molar refractivity (Wildman–Crippen MR) is 50.7 cm³/mol. The van der Waals surface area contributed by atoms with Crippen molar-refractivity contribution in [3.05, 3.63) is 39.7 Å². The quantitative estimate of drug-likeness (QED) is 0.311. The van der Waals surface area contributed by atoms with E-state index < -0.39 is 16.4 Å². The number of benzene rings is 1. The third-order valence-corrected chi connectivity index (χ3v) is 1.58. The molecule has 3 nitrogen and oxygen atoms in total. The monoisotopic (exact) mass is 213 g/mol. The van der Waals surface area contributed by atoms with Crippen molar-refractivity contribution in [3.8, 4) is 11.8 Å². The molecular formula is C9H5ClFNO2. The normalized spacial score (nSPS) is 9.00. The van der Waals surface area contributed by atoms with Crippen molar-refractivity contribution in [3.63, 3.8) is 0 Å². The lowest BCUT2D eigenvalue weighted by Gasteiger charge is -1.93. The van der Waals surface area contributed by atoms with Crippen LogP contribution in [0.3, 0.4) is 0 Å². The maximum absolute atomic E-state index is 13.0. The summed E-state index contributed by atoms with van der Waals surface area (Å²) in [7, 11) is 0. The van der Waals surface area contributed by atoms with Gasteiger partial charge in [-0.3, -0.25) is 10.1 Å². The number of nitro groups is 1. The molecule has 0 aromatic heterocycles. The molecule has 0 radical (unpaired) electrons. The summed E-state index contributed by atoms with van der Waals surface area (Å²) in [5.41, 5.74) is -0.185. The molecule has 1 aromatic rings. The smallest absolute Gasteiger partial charge is 0.258 e. The Labute approximate surface area is 84.6 Å². The van der Waals surface area contributed by atoms with E-state index in [-0.39, 0.29) is 5.88 Å². The molecule has 5 heteroatoms. The molecule has 0 heterocycles. The molecule has 72 valence electrons. The van der Waals surface area contributed by atoms with E-state index in [2.05, 4.69) is 11.8 Å². The first kappa shape index (κ1) is 10.5. The molecule has 0 amide bonds. The van der Waals surface area contributed by atoms with Gasteiger partial charge in [-0.1, -0.05) is 11.8 Å².